The van der Waals surface area contributed by atoms with Gasteiger partial charge < -0.3 is 9.14 Å². The zero-order chi connectivity index (χ0) is 11.7. The van der Waals surface area contributed by atoms with Gasteiger partial charge in [-0.25, -0.2) is 4.98 Å². The van der Waals surface area contributed by atoms with Crippen LogP contribution in [0.15, 0.2) is 24.5 Å². The molecule has 17 heavy (non-hydrogen) atoms. The van der Waals surface area contributed by atoms with Gasteiger partial charge in [-0.3, -0.25) is 0 Å². The summed E-state index contributed by atoms with van der Waals surface area (Å²) in [6.07, 6.45) is 6.59. The van der Waals surface area contributed by atoms with E-state index in [1.807, 2.05) is 18.3 Å². The number of pyridine rings is 1. The van der Waals surface area contributed by atoms with E-state index in [4.69, 9.17) is 4.74 Å². The van der Waals surface area contributed by atoms with Crippen LogP contribution in [-0.4, -0.2) is 28.0 Å². The van der Waals surface area contributed by atoms with E-state index in [9.17, 15) is 0 Å². The molecule has 0 radical (unpaired) electrons. The van der Waals surface area contributed by atoms with E-state index in [1.165, 1.54) is 23.6 Å². The third-order valence-electron chi connectivity index (χ3n) is 3.24. The Hall–Kier alpha value is -1.16. The van der Waals surface area contributed by atoms with Gasteiger partial charge in [0.15, 0.2) is 0 Å². The minimum Gasteiger partial charge on any atom is -0.497 e. The molecule has 90 valence electrons. The van der Waals surface area contributed by atoms with Gasteiger partial charge in [0, 0.05) is 18.5 Å². The Morgan fingerprint density at radius 2 is 2.53 bits per heavy atom. The summed E-state index contributed by atoms with van der Waals surface area (Å²) in [5, 5.41) is 0. The summed E-state index contributed by atoms with van der Waals surface area (Å²) in [4.78, 5) is 4.66. The lowest BCUT2D eigenvalue weighted by molar-refractivity contribution is 0.414. The van der Waals surface area contributed by atoms with Crippen LogP contribution < -0.4 is 4.74 Å². The van der Waals surface area contributed by atoms with Gasteiger partial charge in [0.25, 0.3) is 0 Å². The van der Waals surface area contributed by atoms with E-state index in [0.29, 0.717) is 0 Å². The van der Waals surface area contributed by atoms with Crippen molar-refractivity contribution in [3.05, 3.63) is 30.2 Å². The number of methoxy groups -OCH3 is 1. The topological polar surface area (TPSA) is 26.5 Å². The summed E-state index contributed by atoms with van der Waals surface area (Å²) >= 11 is 2.06. The van der Waals surface area contributed by atoms with Gasteiger partial charge in [-0.15, -0.1) is 0 Å². The molecule has 0 spiro atoms. The first-order valence-corrected chi connectivity index (χ1v) is 7.10. The predicted octanol–water partition coefficient (Wildman–Crippen LogP) is 2.64. The number of rotatable bonds is 3. The van der Waals surface area contributed by atoms with Crippen LogP contribution >= 0.6 is 11.8 Å². The van der Waals surface area contributed by atoms with Crippen molar-refractivity contribution in [2.45, 2.75) is 12.8 Å². The first kappa shape index (κ1) is 11.0. The van der Waals surface area contributed by atoms with Gasteiger partial charge >= 0.3 is 0 Å². The molecule has 1 saturated heterocycles. The molecular formula is C13H16N2OS. The highest BCUT2D eigenvalue weighted by Gasteiger charge is 2.17. The minimum atomic E-state index is 0.812. The number of ether oxygens (including phenoxy) is 1. The third-order valence-corrected chi connectivity index (χ3v) is 4.47. The fourth-order valence-electron chi connectivity index (χ4n) is 2.28. The molecule has 0 aromatic carbocycles. The second kappa shape index (κ2) is 4.61. The van der Waals surface area contributed by atoms with Crippen LogP contribution in [0.25, 0.3) is 5.65 Å². The molecule has 0 bridgehead atoms. The van der Waals surface area contributed by atoms with Crippen molar-refractivity contribution in [3.63, 3.8) is 0 Å². The van der Waals surface area contributed by atoms with Crippen molar-refractivity contribution in [1.82, 2.24) is 9.38 Å². The monoisotopic (exact) mass is 248 g/mol. The molecule has 1 aliphatic heterocycles. The number of hydrogen-bond donors (Lipinski definition) is 0. The van der Waals surface area contributed by atoms with Crippen LogP contribution in [0.5, 0.6) is 5.75 Å². The molecule has 0 amide bonds. The lowest BCUT2D eigenvalue weighted by atomic mass is 10.0. The predicted molar refractivity (Wildman–Crippen MR) is 70.9 cm³/mol. The van der Waals surface area contributed by atoms with Gasteiger partial charge in [0.05, 0.1) is 12.8 Å². The molecule has 1 fully saturated rings. The normalized spacial score (nSPS) is 19.9. The van der Waals surface area contributed by atoms with E-state index in [-0.39, 0.29) is 0 Å². The number of fused-ring (bicyclic) bond motifs is 1. The van der Waals surface area contributed by atoms with Gasteiger partial charge in [-0.1, -0.05) is 0 Å². The van der Waals surface area contributed by atoms with E-state index >= 15 is 0 Å². The molecule has 0 N–H and O–H groups in total. The number of thioether (sulfide) groups is 1. The molecule has 3 nitrogen and oxygen atoms in total. The highest BCUT2D eigenvalue weighted by atomic mass is 32.2. The fraction of sp³-hybridized carbons (Fsp3) is 0.462. The molecular weight excluding hydrogens is 232 g/mol. The average Bonchev–Trinajstić information content (AvgIpc) is 2.96. The summed E-state index contributed by atoms with van der Waals surface area (Å²) in [6, 6.07) is 3.94. The van der Waals surface area contributed by atoms with Crippen molar-refractivity contribution < 1.29 is 4.74 Å². The van der Waals surface area contributed by atoms with E-state index in [1.54, 1.807) is 7.11 Å². The first-order valence-electron chi connectivity index (χ1n) is 5.94. The fourth-order valence-corrected chi connectivity index (χ4v) is 3.57. The number of aromatic nitrogens is 2. The molecule has 0 aliphatic carbocycles. The quantitative estimate of drug-likeness (QED) is 0.835. The summed E-state index contributed by atoms with van der Waals surface area (Å²) in [7, 11) is 1.69. The van der Waals surface area contributed by atoms with Crippen molar-refractivity contribution >= 4 is 17.4 Å². The van der Waals surface area contributed by atoms with Crippen molar-refractivity contribution in [3.8, 4) is 5.75 Å². The lowest BCUT2D eigenvalue weighted by Crippen LogP contribution is -2.02. The Morgan fingerprint density at radius 1 is 1.59 bits per heavy atom. The molecule has 1 atom stereocenters. The maximum atomic E-state index is 5.21. The summed E-state index contributed by atoms with van der Waals surface area (Å²) in [5.74, 6) is 4.28. The van der Waals surface area contributed by atoms with Crippen LogP contribution in [0.3, 0.4) is 0 Å². The third kappa shape index (κ3) is 2.27. The molecule has 0 saturated carbocycles. The maximum absolute atomic E-state index is 5.21. The number of nitrogens with zero attached hydrogens (tertiary/aromatic N) is 2. The summed E-state index contributed by atoms with van der Waals surface area (Å²) < 4.78 is 7.28. The second-order valence-electron chi connectivity index (χ2n) is 4.50. The van der Waals surface area contributed by atoms with Crippen LogP contribution in [0, 0.1) is 5.92 Å². The zero-order valence-electron chi connectivity index (χ0n) is 9.93. The van der Waals surface area contributed by atoms with E-state index in [2.05, 4.69) is 27.3 Å². The van der Waals surface area contributed by atoms with Crippen molar-refractivity contribution in [2.24, 2.45) is 5.92 Å². The molecule has 4 heteroatoms. The van der Waals surface area contributed by atoms with Gasteiger partial charge in [0.1, 0.15) is 11.4 Å². The standard InChI is InChI=1S/C13H16N2OS/c1-16-12-2-4-15-8-11(14-13(15)7-12)6-10-3-5-17-9-10/h2,4,7-8,10H,3,5-6,9H2,1H3. The highest BCUT2D eigenvalue weighted by Crippen LogP contribution is 2.26. The molecule has 1 aliphatic rings. The average molecular weight is 248 g/mol. The maximum Gasteiger partial charge on any atom is 0.140 e. The Kier molecular flexibility index (Phi) is 2.97. The molecule has 3 rings (SSSR count). The van der Waals surface area contributed by atoms with Crippen molar-refractivity contribution in [2.75, 3.05) is 18.6 Å². The number of imidazole rings is 1. The first-order chi connectivity index (χ1) is 8.35. The Balaban J connectivity index is 1.85. The van der Waals surface area contributed by atoms with Crippen LogP contribution in [0.1, 0.15) is 12.1 Å². The van der Waals surface area contributed by atoms with Crippen LogP contribution in [0.4, 0.5) is 0 Å². The largest absolute Gasteiger partial charge is 0.497 e. The zero-order valence-corrected chi connectivity index (χ0v) is 10.7. The van der Waals surface area contributed by atoms with Crippen molar-refractivity contribution in [1.29, 1.82) is 0 Å². The Labute approximate surface area is 105 Å². The highest BCUT2D eigenvalue weighted by molar-refractivity contribution is 7.99. The SMILES string of the molecule is COc1ccn2cc(CC3CCSC3)nc2c1. The molecule has 3 heterocycles. The minimum absolute atomic E-state index is 0.812. The Morgan fingerprint density at radius 3 is 3.29 bits per heavy atom. The van der Waals surface area contributed by atoms with Gasteiger partial charge in [-0.2, -0.15) is 11.8 Å². The lowest BCUT2D eigenvalue weighted by Gasteiger charge is -2.03. The van der Waals surface area contributed by atoms with E-state index in [0.717, 1.165) is 23.7 Å². The second-order valence-corrected chi connectivity index (χ2v) is 5.65. The summed E-state index contributed by atoms with van der Waals surface area (Å²) in [5.41, 5.74) is 2.18. The molecule has 1 unspecified atom stereocenters. The molecule has 2 aromatic heterocycles. The van der Waals surface area contributed by atoms with Crippen LogP contribution in [-0.2, 0) is 6.42 Å². The Bertz CT molecular complexity index is 517. The van der Waals surface area contributed by atoms with Gasteiger partial charge in [0.2, 0.25) is 0 Å². The van der Waals surface area contributed by atoms with E-state index < -0.39 is 0 Å². The number of hydrogen-bond acceptors (Lipinski definition) is 3. The molecule has 2 aromatic rings. The van der Waals surface area contributed by atoms with Crippen LogP contribution in [0.2, 0.25) is 0 Å². The summed E-state index contributed by atoms with van der Waals surface area (Å²) in [6.45, 7) is 0. The smallest absolute Gasteiger partial charge is 0.140 e. The van der Waals surface area contributed by atoms with Gasteiger partial charge in [-0.05, 0) is 36.3 Å².